The number of H-pyrrole nitrogens is 1. The normalized spacial score (nSPS) is 11.3. The van der Waals surface area contributed by atoms with Crippen molar-refractivity contribution in [1.29, 1.82) is 0 Å². The second-order valence-electron chi connectivity index (χ2n) is 10.4. The van der Waals surface area contributed by atoms with E-state index in [1.54, 1.807) is 12.1 Å². The fourth-order valence-corrected chi connectivity index (χ4v) is 4.43. The third-order valence-corrected chi connectivity index (χ3v) is 6.48. The summed E-state index contributed by atoms with van der Waals surface area (Å²) < 4.78 is 15.7. The number of aromatic amines is 1. The van der Waals surface area contributed by atoms with Crippen LogP contribution in [0, 0.1) is 52.0 Å². The Morgan fingerprint density at radius 3 is 1.53 bits per heavy atom. The van der Waals surface area contributed by atoms with Gasteiger partial charge in [-0.3, -0.25) is 19.1 Å². The maximum atomic E-state index is 10.9. The molecule has 2 aliphatic heterocycles. The van der Waals surface area contributed by atoms with Crippen LogP contribution < -0.4 is 22.1 Å². The fourth-order valence-electron chi connectivity index (χ4n) is 4.24. The van der Waals surface area contributed by atoms with Gasteiger partial charge in [-0.1, -0.05) is 73.0 Å². The van der Waals surface area contributed by atoms with Crippen LogP contribution in [-0.2, 0) is 158 Å². The van der Waals surface area contributed by atoms with Gasteiger partial charge in [-0.2, -0.15) is 76.9 Å². The first-order chi connectivity index (χ1) is 23.4. The number of nitrogens with two attached hydrogens (primary N) is 2. The van der Waals surface area contributed by atoms with Crippen molar-refractivity contribution in [3.63, 3.8) is 0 Å². The Morgan fingerprint density at radius 1 is 0.736 bits per heavy atom. The number of nitrogen functional groups attached to an aromatic ring is 2. The van der Waals surface area contributed by atoms with Crippen LogP contribution in [0.2, 0.25) is 5.28 Å². The van der Waals surface area contributed by atoms with Crippen LogP contribution in [0.4, 0.5) is 22.7 Å². The number of carbonyl (C=O) groups is 2. The average molecular weight is 1230 g/mol. The monoisotopic (exact) mass is 1230 g/mol. The summed E-state index contributed by atoms with van der Waals surface area (Å²) in [5, 5.41) is 2.72. The molecule has 0 saturated carbocycles. The summed E-state index contributed by atoms with van der Waals surface area (Å²) in [5.74, 6) is 0.165. The molecule has 19 heteroatoms. The van der Waals surface area contributed by atoms with Crippen molar-refractivity contribution in [2.45, 2.75) is 40.5 Å². The van der Waals surface area contributed by atoms with E-state index in [0.717, 1.165) is 55.8 Å². The van der Waals surface area contributed by atoms with E-state index in [-0.39, 0.29) is 143 Å². The molecule has 4 radical (unpaired) electrons. The predicted molar refractivity (Wildman–Crippen MR) is 213 cm³/mol. The molecular weight excluding hydrogens is 1200 g/mol. The number of benzene rings is 4. The Kier molecular flexibility index (Phi) is 31.6. The third kappa shape index (κ3) is 23.6. The molecular formula is C34H34Cl4IN6O3PY4-4. The van der Waals surface area contributed by atoms with E-state index in [2.05, 4.69) is 78.6 Å². The summed E-state index contributed by atoms with van der Waals surface area (Å²) in [5.41, 5.74) is 22.2. The predicted octanol–water partition coefficient (Wildman–Crippen LogP) is 9.72. The number of amides is 2. The molecule has 53 heavy (non-hydrogen) atoms. The van der Waals surface area contributed by atoms with Gasteiger partial charge in [0.25, 0.3) is 0 Å². The molecule has 0 saturated heterocycles. The van der Waals surface area contributed by atoms with Gasteiger partial charge in [-0.15, -0.1) is 29.3 Å². The quantitative estimate of drug-likeness (QED) is 0.0342. The first kappa shape index (κ1) is 56.5. The van der Waals surface area contributed by atoms with Gasteiger partial charge in [0.2, 0.25) is 11.8 Å². The molecule has 2 aliphatic rings. The third-order valence-electron chi connectivity index (χ3n) is 6.30. The van der Waals surface area contributed by atoms with Crippen molar-refractivity contribution in [2.24, 2.45) is 0 Å². The summed E-state index contributed by atoms with van der Waals surface area (Å²) in [6.07, 6.45) is 1.04. The summed E-state index contributed by atoms with van der Waals surface area (Å²) >= 11 is 21.5. The molecule has 274 valence electrons. The number of rotatable bonds is 0. The van der Waals surface area contributed by atoms with Gasteiger partial charge in [0.05, 0.1) is 0 Å². The zero-order valence-electron chi connectivity index (χ0n) is 30.2. The molecule has 9 nitrogen and oxygen atoms in total. The van der Waals surface area contributed by atoms with Crippen molar-refractivity contribution in [1.82, 2.24) is 9.97 Å². The number of anilines is 4. The Balaban J connectivity index is -0.000000591. The van der Waals surface area contributed by atoms with Gasteiger partial charge in [0.15, 0.2) is 5.28 Å². The average Bonchev–Trinajstić information content (AvgIpc) is 3.68. The number of nitrogens with one attached hydrogen (secondary N) is 3. The van der Waals surface area contributed by atoms with E-state index >= 15 is 0 Å². The zero-order valence-corrected chi connectivity index (χ0v) is 46.6. The summed E-state index contributed by atoms with van der Waals surface area (Å²) in [6, 6.07) is 27.0. The molecule has 7 N–H and O–H groups in total. The molecule has 0 spiro atoms. The van der Waals surface area contributed by atoms with E-state index < -0.39 is 5.20 Å². The van der Waals surface area contributed by atoms with E-state index in [1.165, 1.54) is 0 Å². The number of aryl methyl sites for hydroxylation is 4. The maximum Gasteiger partial charge on any atom is 0.339 e. The Hall–Kier alpha value is 1.43. The number of halogens is 5. The zero-order chi connectivity index (χ0) is 37.6. The first-order valence-electron chi connectivity index (χ1n) is 14.8. The van der Waals surface area contributed by atoms with Gasteiger partial charge in [0, 0.05) is 145 Å². The molecule has 2 amide bonds. The van der Waals surface area contributed by atoms with Gasteiger partial charge in [-0.05, 0) is 61.3 Å². The minimum atomic E-state index is -3.22. The number of fused-ring (bicyclic) bond motifs is 3. The van der Waals surface area contributed by atoms with Crippen molar-refractivity contribution in [2.75, 3.05) is 27.0 Å². The molecule has 0 bridgehead atoms. The first-order valence-corrected chi connectivity index (χ1v) is 20.4. The van der Waals surface area contributed by atoms with Crippen molar-refractivity contribution < 1.29 is 146 Å². The second-order valence-corrected chi connectivity index (χ2v) is 17.4. The van der Waals surface area contributed by atoms with Crippen LogP contribution in [-0.4, -0.2) is 26.7 Å². The number of hydrogen-bond donors (Lipinski definition) is 5. The van der Waals surface area contributed by atoms with E-state index in [1.807, 2.05) is 86.7 Å². The van der Waals surface area contributed by atoms with Crippen molar-refractivity contribution >= 4 is 119 Å². The largest absolute Gasteiger partial charge is 0.448 e. The molecule has 1 aromatic heterocycles. The summed E-state index contributed by atoms with van der Waals surface area (Å²) in [7, 11) is 0. The topological polar surface area (TPSA) is 156 Å². The van der Waals surface area contributed by atoms with Crippen LogP contribution in [0.3, 0.4) is 0 Å². The smallest absolute Gasteiger partial charge is 0.339 e. The molecule has 5 aromatic rings. The van der Waals surface area contributed by atoms with Crippen LogP contribution in [0.5, 0.6) is 0 Å². The maximum absolute atomic E-state index is 10.9. The van der Waals surface area contributed by atoms with Crippen LogP contribution in [0.1, 0.15) is 34.8 Å². The number of nitrogens with zero attached hydrogens (tertiary/aromatic N) is 1. The summed E-state index contributed by atoms with van der Waals surface area (Å²) in [4.78, 5) is 29.2. The Bertz CT molecular complexity index is 1920. The Morgan fingerprint density at radius 2 is 1.11 bits per heavy atom. The van der Waals surface area contributed by atoms with Crippen LogP contribution >= 0.6 is 73.1 Å². The van der Waals surface area contributed by atoms with Crippen LogP contribution in [0.25, 0.3) is 11.0 Å². The molecule has 7 rings (SSSR count). The second kappa shape index (κ2) is 29.6. The van der Waals surface area contributed by atoms with E-state index in [9.17, 15) is 14.2 Å². The molecule has 0 atom stereocenters. The number of imidazole rings is 1. The van der Waals surface area contributed by atoms with Crippen molar-refractivity contribution in [3.8, 4) is 0 Å². The number of carbonyl (C=O) groups excluding carboxylic acids is 2. The number of hydrogen-bond acceptors (Lipinski definition) is 6. The SMILES string of the molecule is Cc1[c-]cc(N)c(N)c1.Cc1[c-]cc2c(c1)CC(=O)N2.Cc1[c-]cc2c(c1)CC(=O)N2.Cc1[c-]cc2nc(Cl)[nH]c2c1.O=P(Cl)(Cl)Cl.[2H]CI.[Y].[Y].[Y].[Y]. The number of alkyl halides is 1. The minimum absolute atomic E-state index is 0. The molecule has 0 aliphatic carbocycles. The van der Waals surface area contributed by atoms with E-state index in [0.29, 0.717) is 34.4 Å². The minimum Gasteiger partial charge on any atom is -0.448 e. The standard InChI is InChI=1S/2C9H8NO.C8H6ClN2.C7H9N2.CH3I.Cl3OP.4Y/c2*1-6-2-3-8-7(4-6)5-9(11)10-8;1-5-2-3-6-7(4-5)11-8(9)10-6;1-5-2-3-6(8)7(9)4-5;1-2;1-5(2,3)4;;;;/h2*3-4H,5H2,1H3,(H,10,11);3-4H,1H3,(H,10,11);3-4H,8-9H2,1H3;1H3;;;;;/q4*-1;;;;;;/i;;;;1D;;;;;. The van der Waals surface area contributed by atoms with Crippen molar-refractivity contribution in [3.05, 3.63) is 111 Å². The summed E-state index contributed by atoms with van der Waals surface area (Å²) in [6.45, 7) is 7.86. The van der Waals surface area contributed by atoms with Gasteiger partial charge in [0.1, 0.15) is 0 Å². The molecule has 0 fully saturated rings. The van der Waals surface area contributed by atoms with Gasteiger partial charge in [-0.25, -0.2) is 0 Å². The Labute approximate surface area is 446 Å². The fraction of sp³-hybridized carbons (Fsp3) is 0.206. The number of aromatic nitrogens is 2. The van der Waals surface area contributed by atoms with E-state index in [4.69, 9.17) is 24.4 Å². The molecule has 0 unspecified atom stereocenters. The van der Waals surface area contributed by atoms with Gasteiger partial charge >= 0.3 is 5.20 Å². The van der Waals surface area contributed by atoms with Gasteiger partial charge < -0.3 is 27.1 Å². The van der Waals surface area contributed by atoms with Crippen LogP contribution in [0.15, 0.2) is 48.5 Å². The molecule has 4 aromatic carbocycles. The molecule has 3 heterocycles.